The van der Waals surface area contributed by atoms with Crippen LogP contribution in [0.2, 0.25) is 0 Å². The van der Waals surface area contributed by atoms with E-state index in [4.69, 9.17) is 4.74 Å². The van der Waals surface area contributed by atoms with Crippen LogP contribution in [0.25, 0.3) is 0 Å². The van der Waals surface area contributed by atoms with Crippen molar-refractivity contribution >= 4 is 11.7 Å². The standard InChI is InChI=1S/C8H13NO2/c1-5(10)7-8(3,4)9-6(2)11-7/h7H,1-4H3. The molecule has 1 rings (SSSR count). The zero-order chi connectivity index (χ0) is 8.65. The van der Waals surface area contributed by atoms with Gasteiger partial charge in [-0.05, 0) is 20.8 Å². The van der Waals surface area contributed by atoms with Crippen molar-refractivity contribution in [2.24, 2.45) is 4.99 Å². The van der Waals surface area contributed by atoms with Crippen LogP contribution in [-0.4, -0.2) is 23.3 Å². The van der Waals surface area contributed by atoms with Crippen LogP contribution in [0.5, 0.6) is 0 Å². The average Bonchev–Trinajstić information content (AvgIpc) is 2.04. The van der Waals surface area contributed by atoms with E-state index in [1.54, 1.807) is 6.92 Å². The lowest BCUT2D eigenvalue weighted by Crippen LogP contribution is -2.37. The van der Waals surface area contributed by atoms with E-state index in [2.05, 4.69) is 4.99 Å². The van der Waals surface area contributed by atoms with Crippen molar-refractivity contribution in [2.45, 2.75) is 39.3 Å². The second-order valence-electron chi connectivity index (χ2n) is 3.39. The summed E-state index contributed by atoms with van der Waals surface area (Å²) in [5.41, 5.74) is -0.379. The molecule has 3 heteroatoms. The molecule has 1 aliphatic heterocycles. The minimum atomic E-state index is -0.387. The van der Waals surface area contributed by atoms with Crippen LogP contribution in [0.3, 0.4) is 0 Å². The van der Waals surface area contributed by atoms with Gasteiger partial charge in [0.1, 0.15) is 5.54 Å². The van der Waals surface area contributed by atoms with E-state index in [0.717, 1.165) is 0 Å². The van der Waals surface area contributed by atoms with Crippen LogP contribution >= 0.6 is 0 Å². The number of aliphatic imine (C=N–C) groups is 1. The predicted octanol–water partition coefficient (Wildman–Crippen LogP) is 1.17. The molecule has 0 N–H and O–H groups in total. The molecule has 0 aromatic heterocycles. The summed E-state index contributed by atoms with van der Waals surface area (Å²) in [4.78, 5) is 15.2. The first-order chi connectivity index (χ1) is 4.93. The average molecular weight is 155 g/mol. The second-order valence-corrected chi connectivity index (χ2v) is 3.39. The highest BCUT2D eigenvalue weighted by Gasteiger charge is 2.39. The van der Waals surface area contributed by atoms with Crippen molar-refractivity contribution in [1.82, 2.24) is 0 Å². The summed E-state index contributed by atoms with van der Waals surface area (Å²) in [7, 11) is 0. The molecular formula is C8H13NO2. The molecule has 62 valence electrons. The molecule has 0 amide bonds. The molecular weight excluding hydrogens is 142 g/mol. The van der Waals surface area contributed by atoms with Gasteiger partial charge in [0, 0.05) is 6.92 Å². The third-order valence-corrected chi connectivity index (χ3v) is 1.74. The van der Waals surface area contributed by atoms with Gasteiger partial charge in [0.15, 0.2) is 17.8 Å². The molecule has 3 nitrogen and oxygen atoms in total. The van der Waals surface area contributed by atoms with E-state index in [9.17, 15) is 4.79 Å². The fourth-order valence-electron chi connectivity index (χ4n) is 1.39. The molecule has 0 bridgehead atoms. The first-order valence-electron chi connectivity index (χ1n) is 3.67. The number of carbonyl (C=O) groups excluding carboxylic acids is 1. The Labute approximate surface area is 66.5 Å². The molecule has 0 saturated heterocycles. The minimum Gasteiger partial charge on any atom is -0.468 e. The second kappa shape index (κ2) is 2.32. The zero-order valence-corrected chi connectivity index (χ0v) is 7.34. The largest absolute Gasteiger partial charge is 0.468 e. The lowest BCUT2D eigenvalue weighted by atomic mass is 9.96. The Hall–Kier alpha value is -0.860. The Morgan fingerprint density at radius 2 is 2.18 bits per heavy atom. The lowest BCUT2D eigenvalue weighted by Gasteiger charge is -2.19. The van der Waals surface area contributed by atoms with E-state index in [0.29, 0.717) is 5.90 Å². The fraction of sp³-hybridized carbons (Fsp3) is 0.750. The van der Waals surface area contributed by atoms with Crippen molar-refractivity contribution in [3.8, 4) is 0 Å². The van der Waals surface area contributed by atoms with Crippen LogP contribution in [0.1, 0.15) is 27.7 Å². The number of nitrogens with zero attached hydrogens (tertiary/aromatic N) is 1. The number of carbonyl (C=O) groups is 1. The topological polar surface area (TPSA) is 38.7 Å². The normalized spacial score (nSPS) is 27.6. The predicted molar refractivity (Wildman–Crippen MR) is 42.7 cm³/mol. The SMILES string of the molecule is CC(=O)C1OC(C)=NC1(C)C. The first kappa shape index (κ1) is 8.24. The van der Waals surface area contributed by atoms with Gasteiger partial charge < -0.3 is 4.74 Å². The van der Waals surface area contributed by atoms with E-state index in [1.165, 1.54) is 6.92 Å². The van der Waals surface area contributed by atoms with Gasteiger partial charge in [-0.1, -0.05) is 0 Å². The number of hydrogen-bond donors (Lipinski definition) is 0. The molecule has 11 heavy (non-hydrogen) atoms. The number of ether oxygens (including phenoxy) is 1. The maximum absolute atomic E-state index is 11.0. The Balaban J connectivity index is 2.84. The van der Waals surface area contributed by atoms with Gasteiger partial charge in [-0.25, -0.2) is 4.99 Å². The summed E-state index contributed by atoms with van der Waals surface area (Å²) < 4.78 is 5.24. The summed E-state index contributed by atoms with van der Waals surface area (Å²) in [6, 6.07) is 0. The van der Waals surface area contributed by atoms with Crippen LogP contribution in [-0.2, 0) is 9.53 Å². The maximum atomic E-state index is 11.0. The Kier molecular flexibility index (Phi) is 1.74. The van der Waals surface area contributed by atoms with Gasteiger partial charge in [0.05, 0.1) is 0 Å². The third-order valence-electron chi connectivity index (χ3n) is 1.74. The van der Waals surface area contributed by atoms with Crippen molar-refractivity contribution in [3.63, 3.8) is 0 Å². The molecule has 1 atom stereocenters. The van der Waals surface area contributed by atoms with E-state index >= 15 is 0 Å². The Bertz CT molecular complexity index is 218. The number of Topliss-reactive ketones (excluding diaryl/α,β-unsaturated/α-hetero) is 1. The summed E-state index contributed by atoms with van der Waals surface area (Å²) in [5, 5.41) is 0. The van der Waals surface area contributed by atoms with Crippen molar-refractivity contribution in [3.05, 3.63) is 0 Å². The van der Waals surface area contributed by atoms with Crippen molar-refractivity contribution in [2.75, 3.05) is 0 Å². The van der Waals surface area contributed by atoms with Gasteiger partial charge in [-0.15, -0.1) is 0 Å². The molecule has 1 aliphatic rings. The quantitative estimate of drug-likeness (QED) is 0.570. The van der Waals surface area contributed by atoms with Crippen molar-refractivity contribution < 1.29 is 9.53 Å². The Morgan fingerprint density at radius 1 is 1.64 bits per heavy atom. The summed E-state index contributed by atoms with van der Waals surface area (Å²) in [6.45, 7) is 7.09. The first-order valence-corrected chi connectivity index (χ1v) is 3.67. The minimum absolute atomic E-state index is 0.0376. The van der Waals surface area contributed by atoms with Crippen LogP contribution in [0, 0.1) is 0 Å². The third kappa shape index (κ3) is 1.42. The highest BCUT2D eigenvalue weighted by Crippen LogP contribution is 2.25. The molecule has 0 aromatic carbocycles. The molecule has 0 aromatic rings. The van der Waals surface area contributed by atoms with E-state index in [1.807, 2.05) is 13.8 Å². The highest BCUT2D eigenvalue weighted by atomic mass is 16.5. The smallest absolute Gasteiger partial charge is 0.182 e. The number of rotatable bonds is 1. The zero-order valence-electron chi connectivity index (χ0n) is 7.34. The summed E-state index contributed by atoms with van der Waals surface area (Å²) in [5.74, 6) is 0.644. The molecule has 1 heterocycles. The number of hydrogen-bond acceptors (Lipinski definition) is 3. The molecule has 0 spiro atoms. The van der Waals surface area contributed by atoms with E-state index in [-0.39, 0.29) is 17.4 Å². The van der Waals surface area contributed by atoms with Gasteiger partial charge in [-0.3, -0.25) is 4.79 Å². The van der Waals surface area contributed by atoms with Gasteiger partial charge >= 0.3 is 0 Å². The monoisotopic (exact) mass is 155 g/mol. The summed E-state index contributed by atoms with van der Waals surface area (Å²) >= 11 is 0. The number of ketones is 1. The molecule has 1 unspecified atom stereocenters. The molecule has 0 saturated carbocycles. The Morgan fingerprint density at radius 3 is 2.36 bits per heavy atom. The maximum Gasteiger partial charge on any atom is 0.182 e. The molecule has 0 aliphatic carbocycles. The fourth-order valence-corrected chi connectivity index (χ4v) is 1.39. The van der Waals surface area contributed by atoms with Gasteiger partial charge in [0.2, 0.25) is 0 Å². The van der Waals surface area contributed by atoms with Gasteiger partial charge in [-0.2, -0.15) is 0 Å². The molecule has 0 fully saturated rings. The van der Waals surface area contributed by atoms with E-state index < -0.39 is 0 Å². The highest BCUT2D eigenvalue weighted by molar-refractivity contribution is 5.88. The van der Waals surface area contributed by atoms with Gasteiger partial charge in [0.25, 0.3) is 0 Å². The van der Waals surface area contributed by atoms with Crippen LogP contribution in [0.15, 0.2) is 4.99 Å². The molecule has 0 radical (unpaired) electrons. The van der Waals surface area contributed by atoms with Crippen molar-refractivity contribution in [1.29, 1.82) is 0 Å². The lowest BCUT2D eigenvalue weighted by molar-refractivity contribution is -0.125. The van der Waals surface area contributed by atoms with Crippen LogP contribution in [0.4, 0.5) is 0 Å². The summed E-state index contributed by atoms with van der Waals surface area (Å²) in [6.07, 6.45) is -0.387. The van der Waals surface area contributed by atoms with Crippen LogP contribution < -0.4 is 0 Å².